The fourth-order valence-electron chi connectivity index (χ4n) is 4.21. The first-order valence-electron chi connectivity index (χ1n) is 10.7. The van der Waals surface area contributed by atoms with Gasteiger partial charge in [0.15, 0.2) is 5.78 Å². The number of para-hydroxylation sites is 1. The molecule has 0 aliphatic carbocycles. The van der Waals surface area contributed by atoms with Gasteiger partial charge in [0.2, 0.25) is 0 Å². The number of carbonyl (C=O) groups excluding carboxylic acids is 2. The molecule has 0 saturated carbocycles. The van der Waals surface area contributed by atoms with Crippen molar-refractivity contribution in [2.24, 2.45) is 0 Å². The number of nitrogens with one attached hydrogen (secondary N) is 1. The third kappa shape index (κ3) is 4.84. The van der Waals surface area contributed by atoms with E-state index in [1.165, 1.54) is 18.0 Å². The van der Waals surface area contributed by atoms with Gasteiger partial charge in [-0.05, 0) is 30.5 Å². The zero-order valence-electron chi connectivity index (χ0n) is 17.8. The monoisotopic (exact) mass is 430 g/mol. The standard InChI is InChI=1S/C25H26N4O3/c30-18-22(31)19-16-26-23(27-17-19)15-25(20-7-3-1-4-8-20)11-13-29(14-12-25)24(32)28-21-9-5-2-6-10-21/h1-10,16-17,30H,11-15,18H2,(H,28,32). The number of benzene rings is 2. The zero-order valence-corrected chi connectivity index (χ0v) is 17.8. The lowest BCUT2D eigenvalue weighted by Crippen LogP contribution is -2.47. The van der Waals surface area contributed by atoms with Gasteiger partial charge in [-0.1, -0.05) is 48.5 Å². The molecule has 1 aromatic heterocycles. The molecule has 2 amide bonds. The van der Waals surface area contributed by atoms with Crippen molar-refractivity contribution in [3.05, 3.63) is 90.0 Å². The van der Waals surface area contributed by atoms with Crippen LogP contribution in [0.2, 0.25) is 0 Å². The summed E-state index contributed by atoms with van der Waals surface area (Å²) in [5.41, 5.74) is 2.08. The van der Waals surface area contributed by atoms with Gasteiger partial charge in [0, 0.05) is 43.0 Å². The minimum atomic E-state index is -0.558. The van der Waals surface area contributed by atoms with Crippen LogP contribution < -0.4 is 5.32 Å². The quantitative estimate of drug-likeness (QED) is 0.584. The molecule has 3 aromatic rings. The molecule has 1 fully saturated rings. The van der Waals surface area contributed by atoms with E-state index in [1.807, 2.05) is 53.4 Å². The van der Waals surface area contributed by atoms with Crippen molar-refractivity contribution >= 4 is 17.5 Å². The van der Waals surface area contributed by atoms with Crippen molar-refractivity contribution in [1.82, 2.24) is 14.9 Å². The highest BCUT2D eigenvalue weighted by molar-refractivity contribution is 5.96. The number of Topliss-reactive ketones (excluding diaryl/α,β-unsaturated/α-hetero) is 1. The van der Waals surface area contributed by atoms with Crippen molar-refractivity contribution in [1.29, 1.82) is 0 Å². The van der Waals surface area contributed by atoms with Gasteiger partial charge in [-0.3, -0.25) is 4.79 Å². The third-order valence-corrected chi connectivity index (χ3v) is 6.09. The van der Waals surface area contributed by atoms with E-state index in [-0.39, 0.29) is 11.4 Å². The number of hydrogen-bond acceptors (Lipinski definition) is 5. The van der Waals surface area contributed by atoms with Gasteiger partial charge in [-0.15, -0.1) is 0 Å². The molecule has 164 valence electrons. The Bertz CT molecular complexity index is 1050. The maximum Gasteiger partial charge on any atom is 0.321 e. The van der Waals surface area contributed by atoms with Gasteiger partial charge in [0.05, 0.1) is 5.56 Å². The number of anilines is 1. The van der Waals surface area contributed by atoms with Crippen LogP contribution in [0.1, 0.15) is 34.6 Å². The zero-order chi connectivity index (χ0) is 22.4. The number of aromatic nitrogens is 2. The summed E-state index contributed by atoms with van der Waals surface area (Å²) in [4.78, 5) is 35.0. The SMILES string of the molecule is O=C(CO)c1cnc(CC2(c3ccccc3)CCN(C(=O)Nc3ccccc3)CC2)nc1. The summed E-state index contributed by atoms with van der Waals surface area (Å²) in [5.74, 6) is 0.248. The highest BCUT2D eigenvalue weighted by Crippen LogP contribution is 2.38. The van der Waals surface area contributed by atoms with Crippen molar-refractivity contribution in [3.8, 4) is 0 Å². The van der Waals surface area contributed by atoms with Gasteiger partial charge in [-0.2, -0.15) is 0 Å². The molecule has 0 atom stereocenters. The number of aliphatic hydroxyl groups excluding tert-OH is 1. The largest absolute Gasteiger partial charge is 0.388 e. The summed E-state index contributed by atoms with van der Waals surface area (Å²) < 4.78 is 0. The molecule has 2 N–H and O–H groups in total. The molecule has 1 aliphatic heterocycles. The molecule has 2 aromatic carbocycles. The van der Waals surface area contributed by atoms with Gasteiger partial charge in [0.25, 0.3) is 0 Å². The fraction of sp³-hybridized carbons (Fsp3) is 0.280. The molecule has 7 nitrogen and oxygen atoms in total. The molecule has 7 heteroatoms. The van der Waals surface area contributed by atoms with Crippen LogP contribution in [0.3, 0.4) is 0 Å². The van der Waals surface area contributed by atoms with E-state index in [0.29, 0.717) is 30.9 Å². The van der Waals surface area contributed by atoms with Crippen molar-refractivity contribution in [2.75, 3.05) is 25.0 Å². The number of amides is 2. The lowest BCUT2D eigenvalue weighted by atomic mass is 9.70. The number of rotatable bonds is 6. The summed E-state index contributed by atoms with van der Waals surface area (Å²) in [6.45, 7) is 0.681. The van der Waals surface area contributed by atoms with Crippen LogP contribution >= 0.6 is 0 Å². The number of likely N-dealkylation sites (tertiary alicyclic amines) is 1. The van der Waals surface area contributed by atoms with Crippen LogP contribution in [0, 0.1) is 0 Å². The Morgan fingerprint density at radius 1 is 0.938 bits per heavy atom. The molecule has 32 heavy (non-hydrogen) atoms. The first-order valence-corrected chi connectivity index (χ1v) is 10.7. The second kappa shape index (κ2) is 9.70. The summed E-state index contributed by atoms with van der Waals surface area (Å²) in [5, 5.41) is 12.0. The molecule has 1 aliphatic rings. The third-order valence-electron chi connectivity index (χ3n) is 6.09. The summed E-state index contributed by atoms with van der Waals surface area (Å²) >= 11 is 0. The molecule has 2 heterocycles. The van der Waals surface area contributed by atoms with Gasteiger partial charge in [0.1, 0.15) is 12.4 Å². The van der Waals surface area contributed by atoms with Crippen molar-refractivity contribution in [3.63, 3.8) is 0 Å². The van der Waals surface area contributed by atoms with E-state index in [2.05, 4.69) is 27.4 Å². The Kier molecular flexibility index (Phi) is 6.56. The maximum atomic E-state index is 12.7. The number of nitrogens with zero attached hydrogens (tertiary/aromatic N) is 3. The normalized spacial score (nSPS) is 15.2. The lowest BCUT2D eigenvalue weighted by molar-refractivity contribution is 0.0903. The molecular formula is C25H26N4O3. The van der Waals surface area contributed by atoms with E-state index < -0.39 is 12.4 Å². The van der Waals surface area contributed by atoms with Crippen molar-refractivity contribution in [2.45, 2.75) is 24.7 Å². The second-order valence-electron chi connectivity index (χ2n) is 8.08. The average molecular weight is 431 g/mol. The molecule has 0 radical (unpaired) electrons. The Hall–Kier alpha value is -3.58. The second-order valence-corrected chi connectivity index (χ2v) is 8.08. The summed E-state index contributed by atoms with van der Waals surface area (Å²) in [6, 6.07) is 19.6. The molecule has 0 bridgehead atoms. The lowest BCUT2D eigenvalue weighted by Gasteiger charge is -2.42. The Balaban J connectivity index is 1.50. The van der Waals surface area contributed by atoms with E-state index in [9.17, 15) is 9.59 Å². The van der Waals surface area contributed by atoms with E-state index in [4.69, 9.17) is 5.11 Å². The minimum absolute atomic E-state index is 0.0963. The van der Waals surface area contributed by atoms with Crippen molar-refractivity contribution < 1.29 is 14.7 Å². The predicted molar refractivity (Wildman–Crippen MR) is 122 cm³/mol. The van der Waals surface area contributed by atoms with Crippen LogP contribution in [0.25, 0.3) is 0 Å². The molecule has 1 saturated heterocycles. The Morgan fingerprint density at radius 2 is 1.53 bits per heavy atom. The van der Waals surface area contributed by atoms with Gasteiger partial charge >= 0.3 is 6.03 Å². The minimum Gasteiger partial charge on any atom is -0.388 e. The van der Waals surface area contributed by atoms with E-state index in [0.717, 1.165) is 18.5 Å². The highest BCUT2D eigenvalue weighted by atomic mass is 16.3. The topological polar surface area (TPSA) is 95.4 Å². The van der Waals surface area contributed by atoms with Crippen LogP contribution in [0.15, 0.2) is 73.1 Å². The number of aliphatic hydroxyl groups is 1. The number of hydrogen-bond donors (Lipinski definition) is 2. The van der Waals surface area contributed by atoms with Crippen LogP contribution in [0.4, 0.5) is 10.5 Å². The molecule has 0 unspecified atom stereocenters. The molecule has 0 spiro atoms. The van der Waals surface area contributed by atoms with Crippen LogP contribution in [-0.2, 0) is 11.8 Å². The first kappa shape index (κ1) is 21.6. The summed E-state index contributed by atoms with van der Waals surface area (Å²) in [6.07, 6.45) is 5.11. The molecule has 4 rings (SSSR count). The summed E-state index contributed by atoms with van der Waals surface area (Å²) in [7, 11) is 0. The highest BCUT2D eigenvalue weighted by Gasteiger charge is 2.38. The Labute approximate surface area is 187 Å². The van der Waals surface area contributed by atoms with Crippen LogP contribution in [-0.4, -0.2) is 51.5 Å². The Morgan fingerprint density at radius 3 is 2.12 bits per heavy atom. The molecular weight excluding hydrogens is 404 g/mol. The average Bonchev–Trinajstić information content (AvgIpc) is 2.85. The fourth-order valence-corrected chi connectivity index (χ4v) is 4.21. The first-order chi connectivity index (χ1) is 15.6. The van der Waals surface area contributed by atoms with Crippen LogP contribution in [0.5, 0.6) is 0 Å². The number of piperidine rings is 1. The van der Waals surface area contributed by atoms with Gasteiger partial charge < -0.3 is 15.3 Å². The number of carbonyl (C=O) groups is 2. The maximum absolute atomic E-state index is 12.7. The smallest absolute Gasteiger partial charge is 0.321 e. The predicted octanol–water partition coefficient (Wildman–Crippen LogP) is 3.46. The van der Waals surface area contributed by atoms with Gasteiger partial charge in [-0.25, -0.2) is 14.8 Å². The van der Waals surface area contributed by atoms with E-state index >= 15 is 0 Å². The van der Waals surface area contributed by atoms with E-state index in [1.54, 1.807) is 0 Å². The number of ketones is 1. The number of urea groups is 1.